The third-order valence-corrected chi connectivity index (χ3v) is 7.43. The lowest BCUT2D eigenvalue weighted by molar-refractivity contribution is 0.102. The van der Waals surface area contributed by atoms with Crippen molar-refractivity contribution in [3.8, 4) is 18.1 Å². The Morgan fingerprint density at radius 2 is 2.24 bits per heavy atom. The maximum Gasteiger partial charge on any atom is 0.274 e. The summed E-state index contributed by atoms with van der Waals surface area (Å²) in [4.78, 5) is 21.5. The number of nitrogens with two attached hydrogens (primary N) is 1. The van der Waals surface area contributed by atoms with E-state index in [1.807, 2.05) is 0 Å². The molecule has 2 aliphatic rings. The number of thioether (sulfide) groups is 1. The molecule has 0 unspecified atom stereocenters. The maximum atomic E-state index is 14.9. The number of aliphatic imine (C=N–C) groups is 1. The first-order chi connectivity index (χ1) is 15.6. The number of aromatic nitrogens is 1. The van der Waals surface area contributed by atoms with Gasteiger partial charge in [0.15, 0.2) is 11.3 Å². The third-order valence-electron chi connectivity index (χ3n) is 6.16. The fraction of sp³-hybridized carbons (Fsp3) is 0.375. The van der Waals surface area contributed by atoms with E-state index in [0.29, 0.717) is 23.4 Å². The molecule has 1 amide bonds. The summed E-state index contributed by atoms with van der Waals surface area (Å²) in [7, 11) is 0. The van der Waals surface area contributed by atoms with Gasteiger partial charge in [-0.15, -0.1) is 6.42 Å². The number of ether oxygens (including phenoxy) is 1. The van der Waals surface area contributed by atoms with Gasteiger partial charge < -0.3 is 15.8 Å². The number of terminal acetylenes is 1. The van der Waals surface area contributed by atoms with Crippen LogP contribution in [0.5, 0.6) is 5.75 Å². The average Bonchev–Trinajstić information content (AvgIpc) is 3.50. The molecule has 0 spiro atoms. The third kappa shape index (κ3) is 4.15. The number of alkyl halides is 1. The molecule has 4 rings (SSSR count). The molecule has 1 fully saturated rings. The summed E-state index contributed by atoms with van der Waals surface area (Å²) in [5.41, 5.74) is 6.37. The summed E-state index contributed by atoms with van der Waals surface area (Å²) in [6.07, 6.45) is 6.87. The number of aryl methyl sites for hydroxylation is 1. The van der Waals surface area contributed by atoms with Crippen molar-refractivity contribution in [3.63, 3.8) is 0 Å². The molecule has 1 saturated carbocycles. The summed E-state index contributed by atoms with van der Waals surface area (Å²) in [5, 5.41) is 2.99. The molecule has 6 nitrogen and oxygen atoms in total. The quantitative estimate of drug-likeness (QED) is 0.618. The van der Waals surface area contributed by atoms with Crippen molar-refractivity contribution in [1.82, 2.24) is 4.98 Å². The number of nitrogens with one attached hydrogen (secondary N) is 1. The first kappa shape index (κ1) is 23.1. The average molecular weight is 471 g/mol. The molecule has 1 aliphatic carbocycles. The molecule has 9 heteroatoms. The predicted molar refractivity (Wildman–Crippen MR) is 126 cm³/mol. The monoisotopic (exact) mass is 470 g/mol. The fourth-order valence-corrected chi connectivity index (χ4v) is 5.67. The lowest BCUT2D eigenvalue weighted by Gasteiger charge is -2.33. The second kappa shape index (κ2) is 8.34. The molecule has 1 aromatic carbocycles. The van der Waals surface area contributed by atoms with Gasteiger partial charge in [-0.3, -0.25) is 9.79 Å². The first-order valence-corrected chi connectivity index (χ1v) is 11.2. The number of carbonyl (C=O) groups excluding carboxylic acids is 1. The Morgan fingerprint density at radius 1 is 1.48 bits per heavy atom. The first-order valence-electron chi connectivity index (χ1n) is 10.4. The highest BCUT2D eigenvalue weighted by Gasteiger charge is 2.66. The van der Waals surface area contributed by atoms with Gasteiger partial charge in [-0.25, -0.2) is 13.8 Å². The summed E-state index contributed by atoms with van der Waals surface area (Å²) in [6.45, 7) is 4.65. The number of carbonyl (C=O) groups is 1. The van der Waals surface area contributed by atoms with Crippen LogP contribution in [0.2, 0.25) is 0 Å². The Balaban J connectivity index is 1.59. The van der Waals surface area contributed by atoms with Crippen molar-refractivity contribution in [2.45, 2.75) is 43.6 Å². The van der Waals surface area contributed by atoms with Gasteiger partial charge in [-0.1, -0.05) is 17.7 Å². The number of amides is 1. The van der Waals surface area contributed by atoms with Crippen LogP contribution < -0.4 is 15.8 Å². The molecule has 1 aliphatic heterocycles. The van der Waals surface area contributed by atoms with Gasteiger partial charge in [-0.2, -0.15) is 0 Å². The highest BCUT2D eigenvalue weighted by atomic mass is 32.2. The van der Waals surface area contributed by atoms with E-state index in [-0.39, 0.29) is 22.3 Å². The molecule has 0 saturated heterocycles. The standard InChI is InChI=1S/C24H24F2N4O2S/c1-5-14(3)32-16-8-13(2)20(28-11-16)21(31)29-15-6-7-18(26)17(9-15)23(4)19-10-24(19,12-25)33-22(27)30-23/h1,6-9,11,14,19H,10,12H2,2-4H3,(H2,27,30)(H,29,31)/t14-,19-,23+,24+/m0/s1. The van der Waals surface area contributed by atoms with Crippen LogP contribution in [0.1, 0.15) is 41.9 Å². The van der Waals surface area contributed by atoms with Crippen LogP contribution in [0, 0.1) is 31.0 Å². The number of benzene rings is 1. The predicted octanol–water partition coefficient (Wildman–Crippen LogP) is 4.19. The Hall–Kier alpha value is -3.12. The van der Waals surface area contributed by atoms with Crippen molar-refractivity contribution in [2.24, 2.45) is 16.6 Å². The molecular formula is C24H24F2N4O2S. The zero-order valence-electron chi connectivity index (χ0n) is 18.5. The van der Waals surface area contributed by atoms with E-state index in [1.165, 1.54) is 36.2 Å². The molecule has 2 heterocycles. The van der Waals surface area contributed by atoms with Crippen LogP contribution in [0.3, 0.4) is 0 Å². The van der Waals surface area contributed by atoms with E-state index in [9.17, 15) is 13.6 Å². The molecule has 172 valence electrons. The minimum absolute atomic E-state index is 0.186. The molecule has 2 aromatic rings. The smallest absolute Gasteiger partial charge is 0.274 e. The minimum Gasteiger partial charge on any atom is -0.476 e. The second-order valence-electron chi connectivity index (χ2n) is 8.57. The summed E-state index contributed by atoms with van der Waals surface area (Å²) in [5.74, 6) is 1.78. The number of hydrogen-bond acceptors (Lipinski definition) is 6. The van der Waals surface area contributed by atoms with E-state index in [4.69, 9.17) is 16.9 Å². The van der Waals surface area contributed by atoms with Gasteiger partial charge in [0.25, 0.3) is 5.91 Å². The summed E-state index contributed by atoms with van der Waals surface area (Å²) < 4.78 is 33.5. The molecule has 3 N–H and O–H groups in total. The maximum absolute atomic E-state index is 14.9. The molecule has 1 aromatic heterocycles. The number of fused-ring (bicyclic) bond motifs is 1. The number of amidine groups is 1. The molecule has 4 atom stereocenters. The number of rotatable bonds is 6. The van der Waals surface area contributed by atoms with Crippen LogP contribution in [-0.4, -0.2) is 33.6 Å². The SMILES string of the molecule is C#C[C@H](C)Oc1cnc(C(=O)Nc2ccc(F)c([C@@]3(C)N=C(N)S[C@@]4(CF)C[C@H]43)c2)c(C)c1. The highest BCUT2D eigenvalue weighted by Crippen LogP contribution is 2.66. The van der Waals surface area contributed by atoms with Crippen molar-refractivity contribution in [3.05, 3.63) is 53.1 Å². The Kier molecular flexibility index (Phi) is 5.83. The highest BCUT2D eigenvalue weighted by molar-refractivity contribution is 8.15. The lowest BCUT2D eigenvalue weighted by atomic mass is 9.85. The molecule has 33 heavy (non-hydrogen) atoms. The van der Waals surface area contributed by atoms with Gasteiger partial charge >= 0.3 is 0 Å². The zero-order chi connectivity index (χ0) is 24.0. The normalized spacial score (nSPS) is 26.4. The molecule has 0 bridgehead atoms. The Morgan fingerprint density at radius 3 is 2.91 bits per heavy atom. The van der Waals surface area contributed by atoms with Crippen LogP contribution in [-0.2, 0) is 5.54 Å². The lowest BCUT2D eigenvalue weighted by Crippen LogP contribution is -2.36. The summed E-state index contributed by atoms with van der Waals surface area (Å²) >= 11 is 1.22. The largest absolute Gasteiger partial charge is 0.476 e. The van der Waals surface area contributed by atoms with Crippen LogP contribution in [0.25, 0.3) is 0 Å². The van der Waals surface area contributed by atoms with E-state index < -0.39 is 34.8 Å². The van der Waals surface area contributed by atoms with E-state index in [0.717, 1.165) is 0 Å². The van der Waals surface area contributed by atoms with Gasteiger partial charge in [0, 0.05) is 17.2 Å². The molecule has 0 radical (unpaired) electrons. The second-order valence-corrected chi connectivity index (χ2v) is 10.0. The van der Waals surface area contributed by atoms with Crippen molar-refractivity contribution in [1.29, 1.82) is 0 Å². The summed E-state index contributed by atoms with van der Waals surface area (Å²) in [6, 6.07) is 5.93. The van der Waals surface area contributed by atoms with E-state index >= 15 is 0 Å². The van der Waals surface area contributed by atoms with Gasteiger partial charge in [0.05, 0.1) is 16.5 Å². The number of hydrogen-bond donors (Lipinski definition) is 2. The van der Waals surface area contributed by atoms with E-state index in [2.05, 4.69) is 21.2 Å². The van der Waals surface area contributed by atoms with Crippen molar-refractivity contribution in [2.75, 3.05) is 12.0 Å². The number of pyridine rings is 1. The topological polar surface area (TPSA) is 89.6 Å². The van der Waals surface area contributed by atoms with Gasteiger partial charge in [0.2, 0.25) is 0 Å². The number of halogens is 2. The molecular weight excluding hydrogens is 446 g/mol. The number of anilines is 1. The van der Waals surface area contributed by atoms with Crippen LogP contribution >= 0.6 is 11.8 Å². The fourth-order valence-electron chi connectivity index (χ4n) is 4.34. The van der Waals surface area contributed by atoms with Crippen molar-refractivity contribution < 1.29 is 18.3 Å². The Bertz CT molecular complexity index is 1200. The van der Waals surface area contributed by atoms with Crippen LogP contribution in [0.4, 0.5) is 14.5 Å². The van der Waals surface area contributed by atoms with Gasteiger partial charge in [-0.05, 0) is 57.0 Å². The Labute approximate surface area is 195 Å². The van der Waals surface area contributed by atoms with Gasteiger partial charge in [0.1, 0.15) is 23.9 Å². The van der Waals surface area contributed by atoms with Crippen LogP contribution in [0.15, 0.2) is 35.5 Å². The minimum atomic E-state index is -1.02. The van der Waals surface area contributed by atoms with Crippen molar-refractivity contribution >= 4 is 28.5 Å². The zero-order valence-corrected chi connectivity index (χ0v) is 19.3. The van der Waals surface area contributed by atoms with E-state index in [1.54, 1.807) is 26.8 Å². The number of nitrogens with zero attached hydrogens (tertiary/aromatic N) is 2.